The molecule has 0 heterocycles. The van der Waals surface area contributed by atoms with Crippen LogP contribution in [0, 0.1) is 0 Å². The average Bonchev–Trinajstić information content (AvgIpc) is 1.41. The summed E-state index contributed by atoms with van der Waals surface area (Å²) >= 11 is 0.304. The third-order valence-electron chi connectivity index (χ3n) is 0.136. The van der Waals surface area contributed by atoms with Gasteiger partial charge in [0.15, 0.2) is 0 Å². The number of hydrogen-bond donors (Lipinski definition) is 0. The molecular formula is CH3BO2S. The molecule has 0 radical (unpaired) electrons. The van der Waals surface area contributed by atoms with E-state index in [0.29, 0.717) is 11.1 Å². The Morgan fingerprint density at radius 3 is 2.60 bits per heavy atom. The van der Waals surface area contributed by atoms with Crippen LogP contribution in [-0.2, 0) is 15.7 Å². The van der Waals surface area contributed by atoms with Gasteiger partial charge in [-0.25, -0.2) is 0 Å². The summed E-state index contributed by atoms with van der Waals surface area (Å²) in [4.78, 5) is 0. The van der Waals surface area contributed by atoms with Gasteiger partial charge >= 0.3 is 33.4 Å². The van der Waals surface area contributed by atoms with Gasteiger partial charge in [0, 0.05) is 0 Å². The zero-order chi connectivity index (χ0) is 4.12. The van der Waals surface area contributed by atoms with Crippen molar-refractivity contribution >= 4 is 17.5 Å². The standard InChI is InChI=1S/CH3BO2S/c1-4-2-5-3/h1H3. The second-order valence-corrected chi connectivity index (χ2v) is 0.813. The van der Waals surface area contributed by atoms with Crippen molar-refractivity contribution in [3.8, 4) is 0 Å². The molecule has 0 aliphatic carbocycles. The predicted octanol–water partition coefficient (Wildman–Crippen LogP) is -0.620. The summed E-state index contributed by atoms with van der Waals surface area (Å²) in [5, 5.41) is 0. The van der Waals surface area contributed by atoms with E-state index >= 15 is 0 Å². The van der Waals surface area contributed by atoms with Crippen LogP contribution >= 0.6 is 0 Å². The first-order valence-corrected chi connectivity index (χ1v) is 1.85. The molecule has 0 N–H and O–H groups in total. The van der Waals surface area contributed by atoms with Crippen LogP contribution in [0.4, 0.5) is 0 Å². The maximum absolute atomic E-state index is 9.27. The Hall–Kier alpha value is 0.0449. The number of hydrogen-bond acceptors (Lipinski definition) is 2. The fraction of sp³-hybridized carbons (Fsp3) is 1.00. The van der Waals surface area contributed by atoms with Crippen molar-refractivity contribution < 1.29 is 8.86 Å². The first-order chi connectivity index (χ1) is 2.41. The van der Waals surface area contributed by atoms with Gasteiger partial charge in [-0.3, -0.25) is 0 Å². The van der Waals surface area contributed by atoms with E-state index < -0.39 is 0 Å². The summed E-state index contributed by atoms with van der Waals surface area (Å²) < 4.78 is 13.5. The van der Waals surface area contributed by atoms with Crippen molar-refractivity contribution in [2.45, 2.75) is 0 Å². The SMILES string of the molecule is COB=S=O. The van der Waals surface area contributed by atoms with Crippen LogP contribution in [0.1, 0.15) is 0 Å². The van der Waals surface area contributed by atoms with E-state index in [1.807, 2.05) is 0 Å². The molecule has 0 saturated heterocycles. The molecule has 0 bridgehead atoms. The summed E-state index contributed by atoms with van der Waals surface area (Å²) in [7, 11) is 1.44. The van der Waals surface area contributed by atoms with Gasteiger partial charge < -0.3 is 0 Å². The second kappa shape index (κ2) is 4.04. The summed E-state index contributed by atoms with van der Waals surface area (Å²) in [6.07, 6.45) is 1.11. The van der Waals surface area contributed by atoms with E-state index in [2.05, 4.69) is 4.65 Å². The molecule has 0 unspecified atom stereocenters. The van der Waals surface area contributed by atoms with E-state index in [1.54, 1.807) is 0 Å². The van der Waals surface area contributed by atoms with Crippen LogP contribution in [0.5, 0.6) is 0 Å². The quantitative estimate of drug-likeness (QED) is 0.401. The third-order valence-corrected chi connectivity index (χ3v) is 0.407. The third kappa shape index (κ3) is 4.04. The van der Waals surface area contributed by atoms with Crippen LogP contribution < -0.4 is 0 Å². The van der Waals surface area contributed by atoms with Gasteiger partial charge in [-0.15, -0.1) is 0 Å². The van der Waals surface area contributed by atoms with Crippen molar-refractivity contribution in [1.82, 2.24) is 0 Å². The minimum atomic E-state index is 0.304. The van der Waals surface area contributed by atoms with Crippen molar-refractivity contribution in [2.24, 2.45) is 0 Å². The Bertz CT molecular complexity index is 56.7. The molecule has 0 aromatic carbocycles. The molecule has 5 heavy (non-hydrogen) atoms. The van der Waals surface area contributed by atoms with E-state index in [4.69, 9.17) is 0 Å². The summed E-state index contributed by atoms with van der Waals surface area (Å²) in [5.41, 5.74) is 0. The maximum atomic E-state index is 9.27. The molecule has 2 nitrogen and oxygen atoms in total. The molecule has 0 aromatic rings. The van der Waals surface area contributed by atoms with Crippen molar-refractivity contribution in [3.63, 3.8) is 0 Å². The molecule has 0 aliphatic heterocycles. The van der Waals surface area contributed by atoms with Gasteiger partial charge in [-0.05, 0) is 0 Å². The van der Waals surface area contributed by atoms with Gasteiger partial charge in [0.2, 0.25) is 0 Å². The Balaban J connectivity index is 2.93. The van der Waals surface area contributed by atoms with Gasteiger partial charge in [0.25, 0.3) is 0 Å². The molecule has 0 amide bonds. The first-order valence-electron chi connectivity index (χ1n) is 1.05. The molecule has 4 heteroatoms. The van der Waals surface area contributed by atoms with Gasteiger partial charge in [-0.2, -0.15) is 0 Å². The van der Waals surface area contributed by atoms with E-state index in [1.165, 1.54) is 7.11 Å². The molecule has 0 rings (SSSR count). The average molecular weight is 89.9 g/mol. The fourth-order valence-corrected chi connectivity index (χ4v) is 0.118. The van der Waals surface area contributed by atoms with Crippen LogP contribution in [0.15, 0.2) is 0 Å². The molecule has 0 fully saturated rings. The topological polar surface area (TPSA) is 26.3 Å². The van der Waals surface area contributed by atoms with Crippen molar-refractivity contribution in [2.75, 3.05) is 7.11 Å². The van der Waals surface area contributed by atoms with Crippen LogP contribution in [0.3, 0.4) is 0 Å². The van der Waals surface area contributed by atoms with Gasteiger partial charge in [0.1, 0.15) is 0 Å². The monoisotopic (exact) mass is 90.0 g/mol. The van der Waals surface area contributed by atoms with Crippen molar-refractivity contribution in [3.05, 3.63) is 0 Å². The summed E-state index contributed by atoms with van der Waals surface area (Å²) in [5.74, 6) is 0. The Morgan fingerprint density at radius 2 is 2.60 bits per heavy atom. The normalized spacial score (nSPS) is 5.80. The molecule has 0 aliphatic rings. The molecule has 28 valence electrons. The van der Waals surface area contributed by atoms with Crippen LogP contribution in [-0.4, -0.2) is 17.7 Å². The Labute approximate surface area is 34.4 Å². The molecule has 0 aromatic heterocycles. The first kappa shape index (κ1) is 5.04. The zero-order valence-corrected chi connectivity index (χ0v) is 3.62. The Morgan fingerprint density at radius 1 is 2.00 bits per heavy atom. The van der Waals surface area contributed by atoms with E-state index in [-0.39, 0.29) is 0 Å². The van der Waals surface area contributed by atoms with E-state index in [0.717, 1.165) is 6.36 Å². The van der Waals surface area contributed by atoms with Crippen LogP contribution in [0.2, 0.25) is 0 Å². The molecule has 0 saturated carbocycles. The minimum absolute atomic E-state index is 0.304. The predicted molar refractivity (Wildman–Crippen MR) is 20.9 cm³/mol. The Kier molecular flexibility index (Phi) is 4.08. The van der Waals surface area contributed by atoms with Crippen molar-refractivity contribution in [1.29, 1.82) is 0 Å². The summed E-state index contributed by atoms with van der Waals surface area (Å²) in [6, 6.07) is 0. The van der Waals surface area contributed by atoms with Gasteiger partial charge in [-0.1, -0.05) is 0 Å². The second-order valence-electron chi connectivity index (χ2n) is 0.428. The zero-order valence-electron chi connectivity index (χ0n) is 2.80. The molecule has 0 atom stereocenters. The number of rotatable bonds is 1. The van der Waals surface area contributed by atoms with Crippen LogP contribution in [0.25, 0.3) is 0 Å². The van der Waals surface area contributed by atoms with Gasteiger partial charge in [0.05, 0.1) is 0 Å². The summed E-state index contributed by atoms with van der Waals surface area (Å²) in [6.45, 7) is 0. The van der Waals surface area contributed by atoms with E-state index in [9.17, 15) is 4.21 Å². The molecule has 0 spiro atoms. The molecular weight excluding hydrogens is 86.9 g/mol. The fourth-order valence-electron chi connectivity index (χ4n) is 0.0393.